The van der Waals surface area contributed by atoms with Gasteiger partial charge in [0.2, 0.25) is 0 Å². The maximum absolute atomic E-state index is 12.6. The van der Waals surface area contributed by atoms with Gasteiger partial charge in [-0.05, 0) is 31.0 Å². The molecule has 0 aliphatic carbocycles. The van der Waals surface area contributed by atoms with Crippen molar-refractivity contribution in [3.8, 4) is 0 Å². The summed E-state index contributed by atoms with van der Waals surface area (Å²) >= 11 is 0. The lowest BCUT2D eigenvalue weighted by Gasteiger charge is -1.97. The molecule has 0 saturated carbocycles. The number of aryl methyl sites for hydroxylation is 1. The Bertz CT molecular complexity index is 200. The zero-order valence-electron chi connectivity index (χ0n) is 5.61. The molecule has 2 heteroatoms. The van der Waals surface area contributed by atoms with Gasteiger partial charge in [0, 0.05) is 0 Å². The Kier molecular flexibility index (Phi) is 3.13. The lowest BCUT2D eigenvalue weighted by atomic mass is 10.1. The summed E-state index contributed by atoms with van der Waals surface area (Å²) in [6.07, 6.45) is 0. The largest absolute Gasteiger partial charge is 0.207 e. The Hall–Kier alpha value is -0.785. The first-order valence-corrected chi connectivity index (χ1v) is 2.93. The van der Waals surface area contributed by atoms with Gasteiger partial charge in [0.1, 0.15) is 5.82 Å². The molecule has 10 heavy (non-hydrogen) atoms. The van der Waals surface area contributed by atoms with E-state index in [1.807, 2.05) is 13.0 Å². The fourth-order valence-electron chi connectivity index (χ4n) is 0.715. The van der Waals surface area contributed by atoms with Crippen molar-refractivity contribution in [3.05, 3.63) is 35.1 Å². The van der Waals surface area contributed by atoms with Gasteiger partial charge in [-0.25, -0.2) is 4.39 Å². The van der Waals surface area contributed by atoms with Gasteiger partial charge in [-0.3, -0.25) is 0 Å². The van der Waals surface area contributed by atoms with Crippen LogP contribution < -0.4 is 0 Å². The highest BCUT2D eigenvalue weighted by molar-refractivity contribution is 5.75. The summed E-state index contributed by atoms with van der Waals surface area (Å²) in [5.74, 6) is -0.116. The predicted octanol–water partition coefficient (Wildman–Crippen LogP) is 1.26. The lowest BCUT2D eigenvalue weighted by Crippen LogP contribution is -1.83. The Morgan fingerprint density at radius 1 is 1.20 bits per heavy atom. The minimum atomic E-state index is -0.116. The van der Waals surface area contributed by atoms with Crippen LogP contribution in [0.3, 0.4) is 0 Å². The average Bonchev–Trinajstić information content (AvgIpc) is 1.83. The molecule has 0 nitrogen and oxygen atoms in total. The molecule has 0 radical (unpaired) electrons. The van der Waals surface area contributed by atoms with Crippen LogP contribution in [0.25, 0.3) is 0 Å². The van der Waals surface area contributed by atoms with E-state index in [0.29, 0.717) is 0 Å². The summed E-state index contributed by atoms with van der Waals surface area (Å²) in [5.41, 5.74) is 1.76. The zero-order chi connectivity index (χ0) is 6.85. The van der Waals surface area contributed by atoms with Gasteiger partial charge >= 0.3 is 0 Å². The molecule has 0 amide bonds. The maximum atomic E-state index is 12.6. The molecule has 1 aromatic rings. The molecule has 0 atom stereocenters. The average molecular weight is 138 g/mol. The quantitative estimate of drug-likeness (QED) is 0.473. The van der Waals surface area contributed by atoms with E-state index in [4.69, 9.17) is 0 Å². The van der Waals surface area contributed by atoms with Crippen molar-refractivity contribution in [2.75, 3.05) is 0 Å². The molecule has 0 N–H and O–H groups in total. The van der Waals surface area contributed by atoms with Gasteiger partial charge in [0.05, 0.1) is 8.41 Å². The van der Waals surface area contributed by atoms with Crippen LogP contribution in [0, 0.1) is 19.7 Å². The van der Waals surface area contributed by atoms with Crippen molar-refractivity contribution in [2.24, 2.45) is 0 Å². The van der Waals surface area contributed by atoms with Gasteiger partial charge in [-0.2, -0.15) is 0 Å². The lowest BCUT2D eigenvalue weighted by molar-refractivity contribution is 0.617. The monoisotopic (exact) mass is 138 g/mol. The van der Waals surface area contributed by atoms with Crippen LogP contribution in [0.5, 0.6) is 0 Å². The van der Waals surface area contributed by atoms with Gasteiger partial charge in [0.25, 0.3) is 0 Å². The van der Waals surface area contributed by atoms with Crippen LogP contribution in [0.1, 0.15) is 11.1 Å². The van der Waals surface area contributed by atoms with Gasteiger partial charge in [-0.1, -0.05) is 12.1 Å². The second-order valence-electron chi connectivity index (χ2n) is 2.18. The highest BCUT2D eigenvalue weighted by atomic mass is 19.1. The molecular formula is C8H12BF. The number of hydrogen-bond donors (Lipinski definition) is 0. The molecule has 54 valence electrons. The molecule has 0 aromatic heterocycles. The van der Waals surface area contributed by atoms with Crippen LogP contribution in [0.2, 0.25) is 0 Å². The Balaban J connectivity index is 0.000000810. The first kappa shape index (κ1) is 9.21. The van der Waals surface area contributed by atoms with Crippen LogP contribution in [0.4, 0.5) is 4.39 Å². The number of hydrogen-bond acceptors (Lipinski definition) is 0. The summed E-state index contributed by atoms with van der Waals surface area (Å²) in [6, 6.07) is 5.10. The summed E-state index contributed by atoms with van der Waals surface area (Å²) in [4.78, 5) is 0. The summed E-state index contributed by atoms with van der Waals surface area (Å²) < 4.78 is 12.6. The van der Waals surface area contributed by atoms with Crippen LogP contribution in [-0.2, 0) is 0 Å². The van der Waals surface area contributed by atoms with E-state index in [0.717, 1.165) is 11.1 Å². The minimum absolute atomic E-state index is 0. The van der Waals surface area contributed by atoms with Crippen LogP contribution in [-0.4, -0.2) is 8.41 Å². The molecule has 0 aliphatic rings. The summed E-state index contributed by atoms with van der Waals surface area (Å²) in [5, 5.41) is 0. The number of benzene rings is 1. The maximum Gasteiger partial charge on any atom is 0.126 e. The van der Waals surface area contributed by atoms with Gasteiger partial charge in [-0.15, -0.1) is 0 Å². The van der Waals surface area contributed by atoms with Crippen molar-refractivity contribution < 1.29 is 4.39 Å². The molecule has 0 heterocycles. The van der Waals surface area contributed by atoms with Crippen molar-refractivity contribution >= 4 is 8.41 Å². The van der Waals surface area contributed by atoms with Crippen LogP contribution in [0.15, 0.2) is 18.2 Å². The normalized spacial score (nSPS) is 8.70. The Morgan fingerprint density at radius 3 is 2.20 bits per heavy atom. The third-order valence-electron chi connectivity index (χ3n) is 1.54. The molecule has 0 bridgehead atoms. The van der Waals surface area contributed by atoms with Crippen molar-refractivity contribution in [1.29, 1.82) is 0 Å². The zero-order valence-corrected chi connectivity index (χ0v) is 5.61. The molecule has 1 rings (SSSR count). The first-order valence-electron chi connectivity index (χ1n) is 2.93. The fourth-order valence-corrected chi connectivity index (χ4v) is 0.715. The van der Waals surface area contributed by atoms with Crippen molar-refractivity contribution in [2.45, 2.75) is 13.8 Å². The van der Waals surface area contributed by atoms with E-state index in [1.165, 1.54) is 6.07 Å². The molecule has 0 aliphatic heterocycles. The summed E-state index contributed by atoms with van der Waals surface area (Å²) in [7, 11) is 0. The highest BCUT2D eigenvalue weighted by Crippen LogP contribution is 2.09. The number of halogens is 1. The molecule has 0 saturated heterocycles. The smallest absolute Gasteiger partial charge is 0.126 e. The third-order valence-corrected chi connectivity index (χ3v) is 1.54. The molecule has 1 aromatic carbocycles. The Labute approximate surface area is 62.6 Å². The van der Waals surface area contributed by atoms with E-state index < -0.39 is 0 Å². The fraction of sp³-hybridized carbons (Fsp3) is 0.250. The molecule has 0 fully saturated rings. The first-order chi connectivity index (χ1) is 4.22. The topological polar surface area (TPSA) is 0 Å². The molecule has 0 unspecified atom stereocenters. The second-order valence-corrected chi connectivity index (χ2v) is 2.18. The summed E-state index contributed by atoms with van der Waals surface area (Å²) in [6.45, 7) is 3.68. The molecule has 0 spiro atoms. The van der Waals surface area contributed by atoms with E-state index in [2.05, 4.69) is 0 Å². The predicted molar refractivity (Wildman–Crippen MR) is 45.8 cm³/mol. The van der Waals surface area contributed by atoms with Crippen LogP contribution >= 0.6 is 0 Å². The van der Waals surface area contributed by atoms with E-state index in [9.17, 15) is 4.39 Å². The minimum Gasteiger partial charge on any atom is -0.207 e. The number of rotatable bonds is 0. The highest BCUT2D eigenvalue weighted by Gasteiger charge is 1.95. The van der Waals surface area contributed by atoms with Gasteiger partial charge in [0.15, 0.2) is 0 Å². The van der Waals surface area contributed by atoms with E-state index >= 15 is 0 Å². The molecular weight excluding hydrogens is 126 g/mol. The van der Waals surface area contributed by atoms with Gasteiger partial charge < -0.3 is 0 Å². The standard InChI is InChI=1S/C8H9F.BH3/c1-6-4-3-5-8(9)7(6)2;/h3-5H,1-2H3;1H3. The second kappa shape index (κ2) is 3.40. The van der Waals surface area contributed by atoms with E-state index in [-0.39, 0.29) is 14.2 Å². The Morgan fingerprint density at radius 2 is 1.80 bits per heavy atom. The SMILES string of the molecule is B.Cc1cccc(F)c1C. The van der Waals surface area contributed by atoms with Crippen molar-refractivity contribution in [1.82, 2.24) is 0 Å². The van der Waals surface area contributed by atoms with Crippen molar-refractivity contribution in [3.63, 3.8) is 0 Å². The van der Waals surface area contributed by atoms with E-state index in [1.54, 1.807) is 13.0 Å². The third kappa shape index (κ3) is 1.60.